The second-order valence-corrected chi connectivity index (χ2v) is 5.39. The van der Waals surface area contributed by atoms with Gasteiger partial charge in [0, 0.05) is 24.4 Å². The van der Waals surface area contributed by atoms with E-state index < -0.39 is 10.5 Å². The Morgan fingerprint density at radius 2 is 2.10 bits per heavy atom. The molecule has 6 heteroatoms. The predicted octanol–water partition coefficient (Wildman–Crippen LogP) is 3.35. The SMILES string of the molecule is CCCOc1cc(NCC(C)(O)CCC)ccc1[N+](=O)[O-]. The molecule has 0 radical (unpaired) electrons. The van der Waals surface area contributed by atoms with Crippen LogP contribution in [0, 0.1) is 10.1 Å². The molecule has 0 aliphatic heterocycles. The zero-order valence-electron chi connectivity index (χ0n) is 12.9. The molecule has 0 saturated carbocycles. The third-order valence-corrected chi connectivity index (χ3v) is 3.08. The Labute approximate surface area is 125 Å². The van der Waals surface area contributed by atoms with Crippen LogP contribution < -0.4 is 10.1 Å². The van der Waals surface area contributed by atoms with E-state index in [-0.39, 0.29) is 11.4 Å². The number of hydrogen-bond acceptors (Lipinski definition) is 5. The van der Waals surface area contributed by atoms with Crippen LogP contribution in [0.1, 0.15) is 40.0 Å². The normalized spacial score (nSPS) is 13.5. The van der Waals surface area contributed by atoms with E-state index in [9.17, 15) is 15.2 Å². The molecule has 2 N–H and O–H groups in total. The van der Waals surface area contributed by atoms with Gasteiger partial charge in [0.15, 0.2) is 5.75 Å². The molecule has 21 heavy (non-hydrogen) atoms. The number of nitrogens with zero attached hydrogens (tertiary/aromatic N) is 1. The van der Waals surface area contributed by atoms with Gasteiger partial charge in [-0.1, -0.05) is 20.3 Å². The van der Waals surface area contributed by atoms with Crippen LogP contribution in [0.4, 0.5) is 11.4 Å². The molecule has 0 spiro atoms. The second kappa shape index (κ2) is 7.83. The van der Waals surface area contributed by atoms with Gasteiger partial charge in [-0.2, -0.15) is 0 Å². The molecule has 0 amide bonds. The van der Waals surface area contributed by atoms with Gasteiger partial charge in [-0.05, 0) is 25.8 Å². The van der Waals surface area contributed by atoms with Crippen molar-refractivity contribution in [3.05, 3.63) is 28.3 Å². The van der Waals surface area contributed by atoms with E-state index in [4.69, 9.17) is 4.74 Å². The lowest BCUT2D eigenvalue weighted by Gasteiger charge is -2.23. The van der Waals surface area contributed by atoms with Crippen molar-refractivity contribution < 1.29 is 14.8 Å². The van der Waals surface area contributed by atoms with Crippen molar-refractivity contribution in [2.75, 3.05) is 18.5 Å². The maximum atomic E-state index is 11.0. The van der Waals surface area contributed by atoms with Gasteiger partial charge in [-0.3, -0.25) is 10.1 Å². The third kappa shape index (κ3) is 5.59. The topological polar surface area (TPSA) is 84.6 Å². The molecule has 0 fully saturated rings. The van der Waals surface area contributed by atoms with E-state index in [1.54, 1.807) is 19.1 Å². The standard InChI is InChI=1S/C15H24N2O4/c1-4-8-15(3,18)11-16-12-6-7-13(17(19)20)14(10-12)21-9-5-2/h6-7,10,16,18H,4-5,8-9,11H2,1-3H3. The first-order chi connectivity index (χ1) is 9.89. The van der Waals surface area contributed by atoms with Crippen LogP contribution in [0.3, 0.4) is 0 Å². The van der Waals surface area contributed by atoms with Crippen molar-refractivity contribution in [1.29, 1.82) is 0 Å². The highest BCUT2D eigenvalue weighted by Gasteiger charge is 2.20. The molecule has 1 aromatic rings. The number of rotatable bonds is 9. The Morgan fingerprint density at radius 1 is 1.38 bits per heavy atom. The van der Waals surface area contributed by atoms with E-state index in [2.05, 4.69) is 5.32 Å². The molecule has 1 aromatic carbocycles. The maximum absolute atomic E-state index is 11.0. The molecular formula is C15H24N2O4. The molecule has 0 aliphatic carbocycles. The lowest BCUT2D eigenvalue weighted by molar-refractivity contribution is -0.385. The number of aliphatic hydroxyl groups is 1. The van der Waals surface area contributed by atoms with Gasteiger partial charge in [-0.25, -0.2) is 0 Å². The van der Waals surface area contributed by atoms with Gasteiger partial charge in [-0.15, -0.1) is 0 Å². The maximum Gasteiger partial charge on any atom is 0.311 e. The van der Waals surface area contributed by atoms with Crippen molar-refractivity contribution in [1.82, 2.24) is 0 Å². The van der Waals surface area contributed by atoms with Crippen LogP contribution in [0.2, 0.25) is 0 Å². The summed E-state index contributed by atoms with van der Waals surface area (Å²) in [6.07, 6.45) is 2.35. The molecule has 1 atom stereocenters. The van der Waals surface area contributed by atoms with E-state index in [0.717, 1.165) is 12.8 Å². The molecule has 6 nitrogen and oxygen atoms in total. The highest BCUT2D eigenvalue weighted by molar-refractivity contribution is 5.58. The molecule has 1 unspecified atom stereocenters. The van der Waals surface area contributed by atoms with Crippen LogP contribution in [0.25, 0.3) is 0 Å². The Hall–Kier alpha value is -1.82. The van der Waals surface area contributed by atoms with Crippen molar-refractivity contribution in [3.63, 3.8) is 0 Å². The van der Waals surface area contributed by atoms with Crippen molar-refractivity contribution in [2.24, 2.45) is 0 Å². The van der Waals surface area contributed by atoms with E-state index in [1.165, 1.54) is 6.07 Å². The molecule has 1 rings (SSSR count). The number of anilines is 1. The molecule has 0 bridgehead atoms. The number of nitro benzene ring substituents is 1. The number of nitrogens with one attached hydrogen (secondary N) is 1. The summed E-state index contributed by atoms with van der Waals surface area (Å²) in [6.45, 7) is 6.53. The van der Waals surface area contributed by atoms with Gasteiger partial charge in [0.2, 0.25) is 0 Å². The quantitative estimate of drug-likeness (QED) is 0.539. The van der Waals surface area contributed by atoms with E-state index in [1.807, 2.05) is 13.8 Å². The number of ether oxygens (including phenoxy) is 1. The Kier molecular flexibility index (Phi) is 6.42. The summed E-state index contributed by atoms with van der Waals surface area (Å²) in [4.78, 5) is 10.5. The zero-order chi connectivity index (χ0) is 15.9. The summed E-state index contributed by atoms with van der Waals surface area (Å²) in [6, 6.07) is 4.65. The minimum absolute atomic E-state index is 0.0469. The first-order valence-electron chi connectivity index (χ1n) is 7.27. The zero-order valence-corrected chi connectivity index (χ0v) is 12.9. The van der Waals surface area contributed by atoms with Crippen molar-refractivity contribution >= 4 is 11.4 Å². The van der Waals surface area contributed by atoms with Crippen LogP contribution in [0.15, 0.2) is 18.2 Å². The van der Waals surface area contributed by atoms with Crippen LogP contribution in [-0.2, 0) is 0 Å². The van der Waals surface area contributed by atoms with E-state index >= 15 is 0 Å². The highest BCUT2D eigenvalue weighted by atomic mass is 16.6. The summed E-state index contributed by atoms with van der Waals surface area (Å²) in [7, 11) is 0. The van der Waals surface area contributed by atoms with Gasteiger partial charge in [0.1, 0.15) is 0 Å². The first kappa shape index (κ1) is 17.2. The summed E-state index contributed by atoms with van der Waals surface area (Å²) in [5, 5.41) is 24.2. The minimum atomic E-state index is -0.805. The molecule has 118 valence electrons. The Balaban J connectivity index is 2.82. The monoisotopic (exact) mass is 296 g/mol. The summed E-state index contributed by atoms with van der Waals surface area (Å²) in [5.41, 5.74) is -0.154. The lowest BCUT2D eigenvalue weighted by Crippen LogP contribution is -2.33. The summed E-state index contributed by atoms with van der Waals surface area (Å²) < 4.78 is 5.42. The summed E-state index contributed by atoms with van der Waals surface area (Å²) in [5.74, 6) is 0.252. The molecule has 0 saturated heterocycles. The average molecular weight is 296 g/mol. The smallest absolute Gasteiger partial charge is 0.311 e. The van der Waals surface area contributed by atoms with Crippen molar-refractivity contribution in [3.8, 4) is 5.75 Å². The van der Waals surface area contributed by atoms with Crippen molar-refractivity contribution in [2.45, 2.75) is 45.6 Å². The first-order valence-corrected chi connectivity index (χ1v) is 7.27. The fourth-order valence-corrected chi connectivity index (χ4v) is 2.02. The molecule has 0 aromatic heterocycles. The average Bonchev–Trinajstić information content (AvgIpc) is 2.42. The lowest BCUT2D eigenvalue weighted by atomic mass is 10.0. The molecular weight excluding hydrogens is 272 g/mol. The van der Waals surface area contributed by atoms with E-state index in [0.29, 0.717) is 25.3 Å². The number of hydrogen-bond donors (Lipinski definition) is 2. The summed E-state index contributed by atoms with van der Waals surface area (Å²) >= 11 is 0. The third-order valence-electron chi connectivity index (χ3n) is 3.08. The van der Waals surface area contributed by atoms with Crippen LogP contribution in [-0.4, -0.2) is 28.8 Å². The Bertz CT molecular complexity index is 475. The number of nitro groups is 1. The van der Waals surface area contributed by atoms with Gasteiger partial charge < -0.3 is 15.2 Å². The predicted molar refractivity (Wildman–Crippen MR) is 82.9 cm³/mol. The van der Waals surface area contributed by atoms with Gasteiger partial charge >= 0.3 is 5.69 Å². The second-order valence-electron chi connectivity index (χ2n) is 5.39. The minimum Gasteiger partial charge on any atom is -0.487 e. The van der Waals surface area contributed by atoms with Gasteiger partial charge in [0.25, 0.3) is 0 Å². The van der Waals surface area contributed by atoms with Gasteiger partial charge in [0.05, 0.1) is 17.1 Å². The van der Waals surface area contributed by atoms with Crippen LogP contribution in [0.5, 0.6) is 5.75 Å². The Morgan fingerprint density at radius 3 is 2.67 bits per heavy atom. The largest absolute Gasteiger partial charge is 0.487 e. The molecule has 0 aliphatic rings. The fraction of sp³-hybridized carbons (Fsp3) is 0.600. The fourth-order valence-electron chi connectivity index (χ4n) is 2.02. The molecule has 0 heterocycles. The van der Waals surface area contributed by atoms with Crippen LogP contribution >= 0.6 is 0 Å². The highest BCUT2D eigenvalue weighted by Crippen LogP contribution is 2.30. The number of benzene rings is 1.